The SMILES string of the molecule is CC(C)(CN)NC(=O)c1ccn(-c2ccccc2)n1.Cl. The lowest BCUT2D eigenvalue weighted by atomic mass is 10.1. The first-order chi connectivity index (χ1) is 9.02. The van der Waals surface area contributed by atoms with Gasteiger partial charge in [0.25, 0.3) is 5.91 Å². The Morgan fingerprint density at radius 3 is 2.55 bits per heavy atom. The van der Waals surface area contributed by atoms with Crippen LogP contribution in [0, 0.1) is 0 Å². The molecule has 0 saturated heterocycles. The first-order valence-corrected chi connectivity index (χ1v) is 6.15. The fourth-order valence-electron chi connectivity index (χ4n) is 1.59. The Balaban J connectivity index is 0.00000200. The van der Waals surface area contributed by atoms with Gasteiger partial charge in [0.1, 0.15) is 0 Å². The van der Waals surface area contributed by atoms with Crippen LogP contribution < -0.4 is 11.1 Å². The second kappa shape index (κ2) is 6.54. The topological polar surface area (TPSA) is 72.9 Å². The van der Waals surface area contributed by atoms with Crippen LogP contribution in [-0.2, 0) is 0 Å². The molecule has 2 rings (SSSR count). The highest BCUT2D eigenvalue weighted by Gasteiger charge is 2.20. The second-order valence-electron chi connectivity index (χ2n) is 5.02. The number of benzene rings is 1. The molecular weight excluding hydrogens is 276 g/mol. The first kappa shape index (κ1) is 16.2. The predicted octanol–water partition coefficient (Wildman–Crippen LogP) is 1.76. The zero-order valence-electron chi connectivity index (χ0n) is 11.5. The first-order valence-electron chi connectivity index (χ1n) is 6.15. The van der Waals surface area contributed by atoms with E-state index in [1.165, 1.54) is 0 Å². The molecular formula is C14H19ClN4O. The lowest BCUT2D eigenvalue weighted by molar-refractivity contribution is 0.0910. The third-order valence-electron chi connectivity index (χ3n) is 2.80. The van der Waals surface area contributed by atoms with Gasteiger partial charge in [-0.3, -0.25) is 4.79 Å². The van der Waals surface area contributed by atoms with Crippen LogP contribution in [0.5, 0.6) is 0 Å². The van der Waals surface area contributed by atoms with Crippen molar-refractivity contribution in [3.05, 3.63) is 48.3 Å². The number of nitrogens with zero attached hydrogens (tertiary/aromatic N) is 2. The number of amides is 1. The van der Waals surface area contributed by atoms with E-state index in [9.17, 15) is 4.79 Å². The van der Waals surface area contributed by atoms with Crippen molar-refractivity contribution in [3.63, 3.8) is 0 Å². The van der Waals surface area contributed by atoms with Crippen LogP contribution in [0.1, 0.15) is 24.3 Å². The Hall–Kier alpha value is -1.85. The highest BCUT2D eigenvalue weighted by atomic mass is 35.5. The van der Waals surface area contributed by atoms with Crippen molar-refractivity contribution in [1.82, 2.24) is 15.1 Å². The Morgan fingerprint density at radius 2 is 1.95 bits per heavy atom. The number of carbonyl (C=O) groups is 1. The van der Waals surface area contributed by atoms with Crippen molar-refractivity contribution >= 4 is 18.3 Å². The molecule has 20 heavy (non-hydrogen) atoms. The van der Waals surface area contributed by atoms with Gasteiger partial charge in [0, 0.05) is 18.3 Å². The summed E-state index contributed by atoms with van der Waals surface area (Å²) in [5, 5.41) is 7.11. The van der Waals surface area contributed by atoms with Crippen molar-refractivity contribution in [2.24, 2.45) is 5.73 Å². The summed E-state index contributed by atoms with van der Waals surface area (Å²) in [5.74, 6) is -0.217. The van der Waals surface area contributed by atoms with Gasteiger partial charge >= 0.3 is 0 Å². The summed E-state index contributed by atoms with van der Waals surface area (Å²) in [6.07, 6.45) is 1.76. The van der Waals surface area contributed by atoms with Crippen molar-refractivity contribution in [3.8, 4) is 5.69 Å². The Morgan fingerprint density at radius 1 is 1.30 bits per heavy atom. The number of aromatic nitrogens is 2. The number of para-hydroxylation sites is 1. The molecule has 108 valence electrons. The lowest BCUT2D eigenvalue weighted by Gasteiger charge is -2.23. The van der Waals surface area contributed by atoms with Crippen LogP contribution in [-0.4, -0.2) is 27.8 Å². The molecule has 0 bridgehead atoms. The molecule has 2 aromatic rings. The van der Waals surface area contributed by atoms with E-state index < -0.39 is 5.54 Å². The van der Waals surface area contributed by atoms with E-state index in [0.29, 0.717) is 12.2 Å². The van der Waals surface area contributed by atoms with Gasteiger partial charge in [-0.15, -0.1) is 12.4 Å². The van der Waals surface area contributed by atoms with Gasteiger partial charge in [0.2, 0.25) is 0 Å². The minimum atomic E-state index is -0.437. The molecule has 0 saturated carbocycles. The van der Waals surface area contributed by atoms with E-state index in [2.05, 4.69) is 10.4 Å². The molecule has 0 fully saturated rings. The van der Waals surface area contributed by atoms with Gasteiger partial charge in [-0.2, -0.15) is 5.10 Å². The van der Waals surface area contributed by atoms with Gasteiger partial charge in [-0.1, -0.05) is 18.2 Å². The highest BCUT2D eigenvalue weighted by Crippen LogP contribution is 2.08. The van der Waals surface area contributed by atoms with Crippen LogP contribution in [0.2, 0.25) is 0 Å². The monoisotopic (exact) mass is 294 g/mol. The molecule has 1 heterocycles. The van der Waals surface area contributed by atoms with Crippen LogP contribution in [0.3, 0.4) is 0 Å². The van der Waals surface area contributed by atoms with E-state index in [1.807, 2.05) is 44.2 Å². The van der Waals surface area contributed by atoms with Crippen molar-refractivity contribution in [2.45, 2.75) is 19.4 Å². The fourth-order valence-corrected chi connectivity index (χ4v) is 1.59. The summed E-state index contributed by atoms with van der Waals surface area (Å²) in [6, 6.07) is 11.3. The summed E-state index contributed by atoms with van der Waals surface area (Å²) < 4.78 is 1.67. The molecule has 0 atom stereocenters. The number of rotatable bonds is 4. The summed E-state index contributed by atoms with van der Waals surface area (Å²) in [7, 11) is 0. The molecule has 6 heteroatoms. The number of nitrogens with two attached hydrogens (primary N) is 1. The number of hydrogen-bond donors (Lipinski definition) is 2. The third kappa shape index (κ3) is 3.82. The molecule has 1 aromatic carbocycles. The largest absolute Gasteiger partial charge is 0.344 e. The normalized spacial score (nSPS) is 10.8. The number of halogens is 1. The summed E-state index contributed by atoms with van der Waals surface area (Å²) in [5.41, 5.74) is 6.45. The summed E-state index contributed by atoms with van der Waals surface area (Å²) >= 11 is 0. The maximum Gasteiger partial charge on any atom is 0.272 e. The standard InChI is InChI=1S/C14H18N4O.ClH/c1-14(2,10-15)16-13(19)12-8-9-18(17-12)11-6-4-3-5-7-11;/h3-9H,10,15H2,1-2H3,(H,16,19);1H. The zero-order valence-corrected chi connectivity index (χ0v) is 12.4. The van der Waals surface area contributed by atoms with Crippen molar-refractivity contribution < 1.29 is 4.79 Å². The number of nitrogens with one attached hydrogen (secondary N) is 1. The molecule has 0 aliphatic carbocycles. The zero-order chi connectivity index (χ0) is 13.9. The molecule has 1 aromatic heterocycles. The van der Waals surface area contributed by atoms with Crippen molar-refractivity contribution in [2.75, 3.05) is 6.54 Å². The van der Waals surface area contributed by atoms with Crippen LogP contribution in [0.25, 0.3) is 5.69 Å². The predicted molar refractivity (Wildman–Crippen MR) is 81.4 cm³/mol. The third-order valence-corrected chi connectivity index (χ3v) is 2.80. The van der Waals surface area contributed by atoms with E-state index in [-0.39, 0.29) is 18.3 Å². The number of hydrogen-bond acceptors (Lipinski definition) is 3. The Kier molecular flexibility index (Phi) is 5.30. The molecule has 0 spiro atoms. The molecule has 0 aliphatic heterocycles. The van der Waals surface area contributed by atoms with Gasteiger partial charge in [0.15, 0.2) is 5.69 Å². The van der Waals surface area contributed by atoms with Crippen LogP contribution in [0.4, 0.5) is 0 Å². The van der Waals surface area contributed by atoms with Gasteiger partial charge in [-0.05, 0) is 32.0 Å². The Labute approximate surface area is 124 Å². The summed E-state index contributed by atoms with van der Waals surface area (Å²) in [4.78, 5) is 12.0. The highest BCUT2D eigenvalue weighted by molar-refractivity contribution is 5.92. The van der Waals surface area contributed by atoms with Gasteiger partial charge < -0.3 is 11.1 Å². The van der Waals surface area contributed by atoms with Crippen molar-refractivity contribution in [1.29, 1.82) is 0 Å². The molecule has 0 radical (unpaired) electrons. The fraction of sp³-hybridized carbons (Fsp3) is 0.286. The van der Waals surface area contributed by atoms with Gasteiger partial charge in [-0.25, -0.2) is 4.68 Å². The smallest absolute Gasteiger partial charge is 0.272 e. The minimum absolute atomic E-state index is 0. The molecule has 0 aliphatic rings. The maximum atomic E-state index is 12.0. The summed E-state index contributed by atoms with van der Waals surface area (Å²) in [6.45, 7) is 4.12. The van der Waals surface area contributed by atoms with E-state index in [1.54, 1.807) is 16.9 Å². The second-order valence-corrected chi connectivity index (χ2v) is 5.02. The lowest BCUT2D eigenvalue weighted by Crippen LogP contribution is -2.48. The van der Waals surface area contributed by atoms with Crippen LogP contribution >= 0.6 is 12.4 Å². The van der Waals surface area contributed by atoms with E-state index >= 15 is 0 Å². The van der Waals surface area contributed by atoms with E-state index in [0.717, 1.165) is 5.69 Å². The molecule has 1 amide bonds. The number of carbonyl (C=O) groups excluding carboxylic acids is 1. The average molecular weight is 295 g/mol. The molecule has 0 unspecified atom stereocenters. The Bertz CT molecular complexity index is 566. The maximum absolute atomic E-state index is 12.0. The molecule has 5 nitrogen and oxygen atoms in total. The van der Waals surface area contributed by atoms with Gasteiger partial charge in [0.05, 0.1) is 5.69 Å². The average Bonchev–Trinajstić information content (AvgIpc) is 2.89. The van der Waals surface area contributed by atoms with E-state index in [4.69, 9.17) is 5.73 Å². The van der Waals surface area contributed by atoms with Crippen LogP contribution in [0.15, 0.2) is 42.6 Å². The molecule has 3 N–H and O–H groups in total. The quantitative estimate of drug-likeness (QED) is 0.902. The minimum Gasteiger partial charge on any atom is -0.344 e.